The number of nitrogens with one attached hydrogen (secondary N) is 3. The molecule has 158 valence electrons. The first-order valence-corrected chi connectivity index (χ1v) is 9.49. The van der Waals surface area contributed by atoms with E-state index in [-0.39, 0.29) is 24.5 Å². The Morgan fingerprint density at radius 1 is 1.13 bits per heavy atom. The number of carbonyl (C=O) groups is 3. The van der Waals surface area contributed by atoms with Gasteiger partial charge in [-0.05, 0) is 38.1 Å². The summed E-state index contributed by atoms with van der Waals surface area (Å²) in [6, 6.07) is 9.41. The van der Waals surface area contributed by atoms with E-state index in [1.54, 1.807) is 50.4 Å². The van der Waals surface area contributed by atoms with E-state index < -0.39 is 24.0 Å². The molecule has 9 heteroatoms. The molecule has 9 nitrogen and oxygen atoms in total. The summed E-state index contributed by atoms with van der Waals surface area (Å²) in [4.78, 5) is 36.8. The summed E-state index contributed by atoms with van der Waals surface area (Å²) in [5.74, 6) is -0.466. The number of ether oxygens (including phenoxy) is 2. The molecular weight excluding hydrogens is 390 g/mol. The molecule has 2 heterocycles. The second-order valence-electron chi connectivity index (χ2n) is 6.49. The van der Waals surface area contributed by atoms with Gasteiger partial charge in [0.15, 0.2) is 0 Å². The third-order valence-electron chi connectivity index (χ3n) is 4.39. The predicted molar refractivity (Wildman–Crippen MR) is 108 cm³/mol. The Morgan fingerprint density at radius 2 is 1.93 bits per heavy atom. The molecule has 1 aliphatic heterocycles. The molecule has 30 heavy (non-hydrogen) atoms. The lowest BCUT2D eigenvalue weighted by Crippen LogP contribution is -2.50. The minimum Gasteiger partial charge on any atom is -0.467 e. The summed E-state index contributed by atoms with van der Waals surface area (Å²) in [6.45, 7) is 3.64. The number of hydrogen-bond donors (Lipinski definition) is 3. The number of rotatable bonds is 8. The third kappa shape index (κ3) is 4.99. The van der Waals surface area contributed by atoms with Crippen LogP contribution < -0.4 is 16.0 Å². The predicted octanol–water partition coefficient (Wildman–Crippen LogP) is 2.57. The Balaban J connectivity index is 1.73. The summed E-state index contributed by atoms with van der Waals surface area (Å²) in [6.07, 6.45) is 1.57. The van der Waals surface area contributed by atoms with E-state index in [1.165, 1.54) is 0 Å². The third-order valence-corrected chi connectivity index (χ3v) is 4.39. The molecule has 0 bridgehead atoms. The molecule has 2 amide bonds. The van der Waals surface area contributed by atoms with Crippen molar-refractivity contribution in [3.63, 3.8) is 0 Å². The molecule has 0 radical (unpaired) electrons. The van der Waals surface area contributed by atoms with Crippen LogP contribution in [0.15, 0.2) is 58.3 Å². The molecular formula is C21H23N3O6. The number of amides is 2. The Bertz CT molecular complexity index is 951. The molecule has 0 saturated heterocycles. The van der Waals surface area contributed by atoms with Crippen molar-refractivity contribution in [1.29, 1.82) is 0 Å². The van der Waals surface area contributed by atoms with Gasteiger partial charge in [0, 0.05) is 5.69 Å². The molecule has 0 saturated carbocycles. The van der Waals surface area contributed by atoms with Crippen LogP contribution in [0.3, 0.4) is 0 Å². The largest absolute Gasteiger partial charge is 0.467 e. The molecule has 3 rings (SSSR count). The summed E-state index contributed by atoms with van der Waals surface area (Å²) >= 11 is 0. The van der Waals surface area contributed by atoms with Gasteiger partial charge in [0.2, 0.25) is 0 Å². The van der Waals surface area contributed by atoms with Crippen molar-refractivity contribution in [3.05, 3.63) is 65.3 Å². The van der Waals surface area contributed by atoms with Gasteiger partial charge in [-0.15, -0.1) is 0 Å². The number of benzene rings is 1. The van der Waals surface area contributed by atoms with E-state index in [9.17, 15) is 14.4 Å². The normalized spacial score (nSPS) is 15.8. The summed E-state index contributed by atoms with van der Waals surface area (Å²) in [7, 11) is 0. The minimum atomic E-state index is -0.603. The van der Waals surface area contributed by atoms with E-state index >= 15 is 0 Å². The van der Waals surface area contributed by atoms with Crippen LogP contribution in [0.1, 0.15) is 30.0 Å². The van der Waals surface area contributed by atoms with Gasteiger partial charge in [-0.3, -0.25) is 0 Å². The van der Waals surface area contributed by atoms with E-state index in [4.69, 9.17) is 13.9 Å². The fraction of sp³-hybridized carbons (Fsp3) is 0.286. The Hall–Kier alpha value is -3.75. The molecule has 1 aliphatic rings. The van der Waals surface area contributed by atoms with Crippen LogP contribution in [0.5, 0.6) is 0 Å². The van der Waals surface area contributed by atoms with Crippen LogP contribution in [-0.2, 0) is 20.8 Å². The molecule has 2 aromatic rings. The van der Waals surface area contributed by atoms with Crippen LogP contribution in [0.4, 0.5) is 10.5 Å². The van der Waals surface area contributed by atoms with Crippen LogP contribution in [-0.4, -0.2) is 37.2 Å². The average Bonchev–Trinajstić information content (AvgIpc) is 3.24. The molecule has 1 aromatic carbocycles. The lowest BCUT2D eigenvalue weighted by Gasteiger charge is -2.26. The average molecular weight is 413 g/mol. The Kier molecular flexibility index (Phi) is 6.74. The maximum absolute atomic E-state index is 12.7. The van der Waals surface area contributed by atoms with Crippen molar-refractivity contribution in [2.24, 2.45) is 0 Å². The zero-order valence-electron chi connectivity index (χ0n) is 16.7. The number of urea groups is 1. The van der Waals surface area contributed by atoms with Crippen molar-refractivity contribution >= 4 is 23.7 Å². The highest BCUT2D eigenvalue weighted by molar-refractivity contribution is 5.97. The van der Waals surface area contributed by atoms with Crippen LogP contribution in [0, 0.1) is 0 Å². The second kappa shape index (κ2) is 9.64. The van der Waals surface area contributed by atoms with Crippen molar-refractivity contribution < 1.29 is 28.3 Å². The zero-order chi connectivity index (χ0) is 21.5. The quantitative estimate of drug-likeness (QED) is 0.569. The topological polar surface area (TPSA) is 119 Å². The van der Waals surface area contributed by atoms with E-state index in [1.807, 2.05) is 6.07 Å². The SMILES string of the molecule is CCOC(=O)C1=C(COC(=O)c2ccccc2NCc2ccco2)NC(=O)N[C@H]1C. The monoisotopic (exact) mass is 413 g/mol. The maximum Gasteiger partial charge on any atom is 0.340 e. The molecule has 1 atom stereocenters. The maximum atomic E-state index is 12.7. The van der Waals surface area contributed by atoms with Gasteiger partial charge in [-0.25, -0.2) is 14.4 Å². The Labute approximate surface area is 173 Å². The number of hydrogen-bond acceptors (Lipinski definition) is 7. The van der Waals surface area contributed by atoms with Crippen molar-refractivity contribution in [2.45, 2.75) is 26.4 Å². The molecule has 3 N–H and O–H groups in total. The molecule has 0 fully saturated rings. The van der Waals surface area contributed by atoms with Gasteiger partial charge in [-0.2, -0.15) is 0 Å². The van der Waals surface area contributed by atoms with E-state index in [0.29, 0.717) is 23.6 Å². The van der Waals surface area contributed by atoms with Gasteiger partial charge >= 0.3 is 18.0 Å². The summed E-state index contributed by atoms with van der Waals surface area (Å²) in [5.41, 5.74) is 1.30. The highest BCUT2D eigenvalue weighted by Crippen LogP contribution is 2.19. The second-order valence-corrected chi connectivity index (χ2v) is 6.49. The highest BCUT2D eigenvalue weighted by atomic mass is 16.5. The molecule has 0 aliphatic carbocycles. The van der Waals surface area contributed by atoms with Crippen LogP contribution in [0.2, 0.25) is 0 Å². The Morgan fingerprint density at radius 3 is 2.67 bits per heavy atom. The van der Waals surface area contributed by atoms with Crippen molar-refractivity contribution in [3.8, 4) is 0 Å². The molecule has 0 unspecified atom stereocenters. The lowest BCUT2D eigenvalue weighted by molar-refractivity contribution is -0.139. The first-order chi connectivity index (χ1) is 14.5. The van der Waals surface area contributed by atoms with Gasteiger partial charge in [0.1, 0.15) is 12.4 Å². The number of carbonyl (C=O) groups excluding carboxylic acids is 3. The standard InChI is InChI=1S/C21H23N3O6/c1-3-28-20(26)18-13(2)23-21(27)24-17(18)12-30-19(25)15-8-4-5-9-16(15)22-11-14-7-6-10-29-14/h4-10,13,22H,3,11-12H2,1-2H3,(H2,23,24,27)/t13-/m0/s1. The van der Waals surface area contributed by atoms with Gasteiger partial charge < -0.3 is 29.8 Å². The van der Waals surface area contributed by atoms with Crippen molar-refractivity contribution in [2.75, 3.05) is 18.5 Å². The van der Waals surface area contributed by atoms with E-state index in [0.717, 1.165) is 0 Å². The fourth-order valence-electron chi connectivity index (χ4n) is 3.02. The smallest absolute Gasteiger partial charge is 0.340 e. The minimum absolute atomic E-state index is 0.185. The van der Waals surface area contributed by atoms with Gasteiger partial charge in [0.25, 0.3) is 0 Å². The number of furan rings is 1. The van der Waals surface area contributed by atoms with E-state index in [2.05, 4.69) is 16.0 Å². The lowest BCUT2D eigenvalue weighted by atomic mass is 10.0. The fourth-order valence-corrected chi connectivity index (χ4v) is 3.02. The first-order valence-electron chi connectivity index (χ1n) is 9.49. The number of para-hydroxylation sites is 1. The highest BCUT2D eigenvalue weighted by Gasteiger charge is 2.30. The van der Waals surface area contributed by atoms with Crippen molar-refractivity contribution in [1.82, 2.24) is 10.6 Å². The van der Waals surface area contributed by atoms with Gasteiger partial charge in [-0.1, -0.05) is 12.1 Å². The zero-order valence-corrected chi connectivity index (χ0v) is 16.7. The number of anilines is 1. The first kappa shape index (κ1) is 21.0. The van der Waals surface area contributed by atoms with Crippen LogP contribution in [0.25, 0.3) is 0 Å². The number of esters is 2. The van der Waals surface area contributed by atoms with Gasteiger partial charge in [0.05, 0.1) is 42.3 Å². The summed E-state index contributed by atoms with van der Waals surface area (Å²) in [5, 5.41) is 8.25. The van der Waals surface area contributed by atoms with Crippen LogP contribution >= 0.6 is 0 Å². The molecule has 1 aromatic heterocycles. The molecule has 0 spiro atoms. The summed E-state index contributed by atoms with van der Waals surface area (Å²) < 4.78 is 15.7.